The lowest BCUT2D eigenvalue weighted by Crippen LogP contribution is -2.47. The van der Waals surface area contributed by atoms with E-state index in [-0.39, 0.29) is 24.5 Å². The summed E-state index contributed by atoms with van der Waals surface area (Å²) in [5.41, 5.74) is 7.69. The van der Waals surface area contributed by atoms with E-state index in [2.05, 4.69) is 10.2 Å². The van der Waals surface area contributed by atoms with Gasteiger partial charge in [0.15, 0.2) is 0 Å². The maximum atomic E-state index is 12.8. The Hall–Kier alpha value is -2.81. The van der Waals surface area contributed by atoms with Crippen LogP contribution in [0.4, 0.5) is 5.69 Å². The molecule has 2 aliphatic rings. The number of piperidine rings is 2. The molecule has 0 spiro atoms. The number of halogens is 1. The van der Waals surface area contributed by atoms with Gasteiger partial charge in [0.1, 0.15) is 12.4 Å². The Labute approximate surface area is 224 Å². The monoisotopic (exact) mass is 528 g/mol. The third-order valence-corrected chi connectivity index (χ3v) is 7.63. The number of benzene rings is 2. The van der Waals surface area contributed by atoms with Crippen LogP contribution in [0, 0.1) is 5.92 Å². The SMILES string of the molecule is COc1cc(N)c(Cl)cc1C(=O)NC1CCN(CC2CCN(C(=O)COCc3ccccc3)CC2)CC1. The number of hydrogen-bond donors (Lipinski definition) is 2. The van der Waals surface area contributed by atoms with Crippen molar-refractivity contribution >= 4 is 29.1 Å². The van der Waals surface area contributed by atoms with Crippen LogP contribution in [-0.2, 0) is 16.1 Å². The lowest BCUT2D eigenvalue weighted by Gasteiger charge is -2.37. The molecule has 0 radical (unpaired) electrons. The maximum Gasteiger partial charge on any atom is 0.255 e. The first kappa shape index (κ1) is 27.2. The topological polar surface area (TPSA) is 97.1 Å². The van der Waals surface area contributed by atoms with Gasteiger partial charge in [0.25, 0.3) is 5.91 Å². The number of carbonyl (C=O) groups is 2. The number of ether oxygens (including phenoxy) is 2. The van der Waals surface area contributed by atoms with E-state index in [0.717, 1.165) is 64.0 Å². The zero-order chi connectivity index (χ0) is 26.2. The highest BCUT2D eigenvalue weighted by Crippen LogP contribution is 2.29. The molecule has 2 aliphatic heterocycles. The standard InChI is InChI=1S/C28H37ClN4O4/c1-36-26-16-25(30)24(29)15-23(26)28(35)31-22-9-11-32(12-10-22)17-20-7-13-33(14-8-20)27(34)19-37-18-21-5-3-2-4-6-21/h2-6,15-16,20,22H,7-14,17-19,30H2,1H3,(H,31,35). The number of nitrogens with two attached hydrogens (primary N) is 1. The van der Waals surface area contributed by atoms with Gasteiger partial charge < -0.3 is 30.3 Å². The zero-order valence-corrected chi connectivity index (χ0v) is 22.2. The number of carbonyl (C=O) groups excluding carboxylic acids is 2. The zero-order valence-electron chi connectivity index (χ0n) is 21.5. The van der Waals surface area contributed by atoms with Gasteiger partial charge in [-0.2, -0.15) is 0 Å². The van der Waals surface area contributed by atoms with Gasteiger partial charge >= 0.3 is 0 Å². The molecule has 0 saturated carbocycles. The van der Waals surface area contributed by atoms with E-state index in [4.69, 9.17) is 26.8 Å². The Balaban J connectivity index is 1.14. The minimum Gasteiger partial charge on any atom is -0.496 e. The lowest BCUT2D eigenvalue weighted by molar-refractivity contribution is -0.138. The molecule has 200 valence electrons. The summed E-state index contributed by atoms with van der Waals surface area (Å²) in [4.78, 5) is 29.8. The van der Waals surface area contributed by atoms with E-state index in [9.17, 15) is 9.59 Å². The number of methoxy groups -OCH3 is 1. The third kappa shape index (κ3) is 7.60. The highest BCUT2D eigenvalue weighted by Gasteiger charge is 2.27. The van der Waals surface area contributed by atoms with Crippen LogP contribution >= 0.6 is 11.6 Å². The second-order valence-electron chi connectivity index (χ2n) is 9.92. The lowest BCUT2D eigenvalue weighted by atomic mass is 9.94. The van der Waals surface area contributed by atoms with E-state index >= 15 is 0 Å². The Morgan fingerprint density at radius 3 is 2.43 bits per heavy atom. The summed E-state index contributed by atoms with van der Waals surface area (Å²) < 4.78 is 10.9. The van der Waals surface area contributed by atoms with Crippen LogP contribution in [0.1, 0.15) is 41.6 Å². The fourth-order valence-corrected chi connectivity index (χ4v) is 5.25. The van der Waals surface area contributed by atoms with Gasteiger partial charge in [-0.15, -0.1) is 0 Å². The molecule has 2 fully saturated rings. The Kier molecular flexibility index (Phi) is 9.66. The molecule has 37 heavy (non-hydrogen) atoms. The summed E-state index contributed by atoms with van der Waals surface area (Å²) in [6.45, 7) is 5.09. The van der Waals surface area contributed by atoms with Crippen molar-refractivity contribution in [2.75, 3.05) is 52.2 Å². The molecule has 0 bridgehead atoms. The van der Waals surface area contributed by atoms with Crippen LogP contribution in [0.25, 0.3) is 0 Å². The molecular weight excluding hydrogens is 492 g/mol. The highest BCUT2D eigenvalue weighted by molar-refractivity contribution is 6.33. The first-order chi connectivity index (χ1) is 17.9. The predicted molar refractivity (Wildman–Crippen MR) is 145 cm³/mol. The van der Waals surface area contributed by atoms with Gasteiger partial charge in [0.05, 0.1) is 30.0 Å². The van der Waals surface area contributed by atoms with Gasteiger partial charge in [0, 0.05) is 44.8 Å². The van der Waals surface area contributed by atoms with Gasteiger partial charge in [-0.25, -0.2) is 0 Å². The first-order valence-electron chi connectivity index (χ1n) is 13.0. The molecule has 8 nitrogen and oxygen atoms in total. The Morgan fingerprint density at radius 1 is 1.05 bits per heavy atom. The third-order valence-electron chi connectivity index (χ3n) is 7.31. The number of rotatable bonds is 9. The van der Waals surface area contributed by atoms with Crippen LogP contribution < -0.4 is 15.8 Å². The molecule has 0 atom stereocenters. The molecule has 2 aromatic rings. The number of nitrogens with one attached hydrogen (secondary N) is 1. The van der Waals surface area contributed by atoms with Crippen molar-refractivity contribution < 1.29 is 19.1 Å². The van der Waals surface area contributed by atoms with E-state index in [1.54, 1.807) is 12.1 Å². The first-order valence-corrected chi connectivity index (χ1v) is 13.4. The number of nitrogens with zero attached hydrogens (tertiary/aromatic N) is 2. The van der Waals surface area contributed by atoms with Crippen molar-refractivity contribution in [2.45, 2.75) is 38.3 Å². The summed E-state index contributed by atoms with van der Waals surface area (Å²) in [6.07, 6.45) is 3.82. The van der Waals surface area contributed by atoms with Crippen molar-refractivity contribution in [3.8, 4) is 5.75 Å². The highest BCUT2D eigenvalue weighted by atomic mass is 35.5. The van der Waals surface area contributed by atoms with Crippen LogP contribution in [0.15, 0.2) is 42.5 Å². The van der Waals surface area contributed by atoms with Crippen LogP contribution in [0.5, 0.6) is 5.75 Å². The predicted octanol–water partition coefficient (Wildman–Crippen LogP) is 3.58. The smallest absolute Gasteiger partial charge is 0.255 e. The quantitative estimate of drug-likeness (QED) is 0.483. The minimum absolute atomic E-state index is 0.0740. The van der Waals surface area contributed by atoms with Gasteiger partial charge in [-0.3, -0.25) is 9.59 Å². The van der Waals surface area contributed by atoms with Gasteiger partial charge in [0.2, 0.25) is 5.91 Å². The molecular formula is C28H37ClN4O4. The molecule has 0 unspecified atom stereocenters. The summed E-state index contributed by atoms with van der Waals surface area (Å²) in [5, 5.41) is 3.47. The van der Waals surface area contributed by atoms with Crippen molar-refractivity contribution in [1.82, 2.24) is 15.1 Å². The summed E-state index contributed by atoms with van der Waals surface area (Å²) in [5.74, 6) is 0.887. The largest absolute Gasteiger partial charge is 0.496 e. The second-order valence-corrected chi connectivity index (χ2v) is 10.3. The van der Waals surface area contributed by atoms with E-state index in [1.165, 1.54) is 7.11 Å². The molecule has 3 N–H and O–H groups in total. The summed E-state index contributed by atoms with van der Waals surface area (Å²) in [6, 6.07) is 13.2. The fraction of sp³-hybridized carbons (Fsp3) is 0.500. The van der Waals surface area contributed by atoms with Crippen LogP contribution in [0.3, 0.4) is 0 Å². The Bertz CT molecular complexity index is 1050. The molecule has 0 aliphatic carbocycles. The average molecular weight is 529 g/mol. The number of hydrogen-bond acceptors (Lipinski definition) is 6. The second kappa shape index (κ2) is 13.1. The molecule has 2 saturated heterocycles. The number of amides is 2. The van der Waals surface area contributed by atoms with Crippen molar-refractivity contribution in [2.24, 2.45) is 5.92 Å². The van der Waals surface area contributed by atoms with Gasteiger partial charge in [-0.1, -0.05) is 41.9 Å². The number of likely N-dealkylation sites (tertiary alicyclic amines) is 2. The van der Waals surface area contributed by atoms with Crippen molar-refractivity contribution in [3.63, 3.8) is 0 Å². The van der Waals surface area contributed by atoms with Gasteiger partial charge in [-0.05, 0) is 43.2 Å². The molecule has 9 heteroatoms. The molecule has 2 aromatic carbocycles. The van der Waals surface area contributed by atoms with Crippen molar-refractivity contribution in [1.29, 1.82) is 0 Å². The fourth-order valence-electron chi connectivity index (χ4n) is 5.09. The van der Waals surface area contributed by atoms with Crippen molar-refractivity contribution in [3.05, 3.63) is 58.6 Å². The molecule has 4 rings (SSSR count). The Morgan fingerprint density at radius 2 is 1.76 bits per heavy atom. The average Bonchev–Trinajstić information content (AvgIpc) is 2.92. The normalized spacial score (nSPS) is 17.5. The summed E-state index contributed by atoms with van der Waals surface area (Å²) in [7, 11) is 1.51. The number of nitrogen functional groups attached to an aromatic ring is 1. The minimum atomic E-state index is -0.193. The van der Waals surface area contributed by atoms with E-state index in [0.29, 0.717) is 34.5 Å². The molecule has 0 aromatic heterocycles. The van der Waals surface area contributed by atoms with E-state index in [1.807, 2.05) is 35.2 Å². The molecule has 2 heterocycles. The molecule has 2 amide bonds. The van der Waals surface area contributed by atoms with Crippen LogP contribution in [-0.4, -0.2) is 74.1 Å². The number of anilines is 1. The van der Waals surface area contributed by atoms with Crippen LogP contribution in [0.2, 0.25) is 5.02 Å². The maximum absolute atomic E-state index is 12.8. The van der Waals surface area contributed by atoms with E-state index < -0.39 is 0 Å². The summed E-state index contributed by atoms with van der Waals surface area (Å²) >= 11 is 6.12.